The number of amides is 1. The number of benzene rings is 1. The van der Waals surface area contributed by atoms with Crippen molar-refractivity contribution in [3.05, 3.63) is 29.0 Å². The lowest BCUT2D eigenvalue weighted by atomic mass is 9.94. The van der Waals surface area contributed by atoms with Crippen LogP contribution in [0.5, 0.6) is 0 Å². The highest BCUT2D eigenvalue weighted by molar-refractivity contribution is 6.31. The van der Waals surface area contributed by atoms with E-state index in [2.05, 4.69) is 10.5 Å². The zero-order valence-corrected chi connectivity index (χ0v) is 11.3. The normalized spacial score (nSPS) is 13.4. The first-order valence-corrected chi connectivity index (χ1v) is 5.97. The number of carbonyl (C=O) groups excluding carboxylic acids is 1. The molecule has 4 N–H and O–H groups in total. The van der Waals surface area contributed by atoms with E-state index >= 15 is 0 Å². The van der Waals surface area contributed by atoms with Gasteiger partial charge in [0.25, 0.3) is 0 Å². The van der Waals surface area contributed by atoms with Crippen molar-refractivity contribution in [1.29, 1.82) is 0 Å². The van der Waals surface area contributed by atoms with Gasteiger partial charge in [-0.25, -0.2) is 4.39 Å². The summed E-state index contributed by atoms with van der Waals surface area (Å²) < 4.78 is 13.1. The van der Waals surface area contributed by atoms with Gasteiger partial charge in [-0.3, -0.25) is 4.79 Å². The Morgan fingerprint density at radius 1 is 1.47 bits per heavy atom. The van der Waals surface area contributed by atoms with Crippen LogP contribution < -0.4 is 11.1 Å². The lowest BCUT2D eigenvalue weighted by molar-refractivity contribution is -0.119. The molecule has 104 valence electrons. The van der Waals surface area contributed by atoms with Crippen LogP contribution in [0.1, 0.15) is 13.8 Å². The Kier molecular flexibility index (Phi) is 5.11. The van der Waals surface area contributed by atoms with Crippen molar-refractivity contribution in [2.45, 2.75) is 13.8 Å². The Bertz CT molecular complexity index is 485. The highest BCUT2D eigenvalue weighted by atomic mass is 35.5. The molecule has 0 spiro atoms. The van der Waals surface area contributed by atoms with Gasteiger partial charge in [0.15, 0.2) is 5.84 Å². The van der Waals surface area contributed by atoms with Gasteiger partial charge >= 0.3 is 0 Å². The van der Waals surface area contributed by atoms with Crippen molar-refractivity contribution in [3.8, 4) is 0 Å². The monoisotopic (exact) mass is 287 g/mol. The van der Waals surface area contributed by atoms with E-state index in [0.29, 0.717) is 0 Å². The van der Waals surface area contributed by atoms with E-state index in [1.54, 1.807) is 13.8 Å². The molecule has 0 saturated heterocycles. The molecule has 1 rings (SSSR count). The Hall–Kier alpha value is -1.82. The predicted octanol–water partition coefficient (Wildman–Crippen LogP) is 2.44. The zero-order valence-electron chi connectivity index (χ0n) is 10.5. The fraction of sp³-hybridized carbons (Fsp3) is 0.333. The van der Waals surface area contributed by atoms with E-state index < -0.39 is 17.6 Å². The van der Waals surface area contributed by atoms with Gasteiger partial charge in [-0.15, -0.1) is 0 Å². The maximum Gasteiger partial charge on any atom is 0.235 e. The molecule has 0 aliphatic rings. The number of hydrogen-bond acceptors (Lipinski definition) is 3. The van der Waals surface area contributed by atoms with Gasteiger partial charge in [0, 0.05) is 10.7 Å². The molecule has 0 saturated carbocycles. The largest absolute Gasteiger partial charge is 0.409 e. The number of hydrogen-bond donors (Lipinski definition) is 3. The predicted molar refractivity (Wildman–Crippen MR) is 71.8 cm³/mol. The van der Waals surface area contributed by atoms with Gasteiger partial charge in [-0.05, 0) is 24.1 Å². The molecule has 19 heavy (non-hydrogen) atoms. The molecule has 5 nitrogen and oxygen atoms in total. The molecule has 0 radical (unpaired) electrons. The minimum Gasteiger partial charge on any atom is -0.409 e. The topological polar surface area (TPSA) is 87.7 Å². The van der Waals surface area contributed by atoms with Crippen LogP contribution in [0.25, 0.3) is 0 Å². The van der Waals surface area contributed by atoms with Gasteiger partial charge in [0.05, 0.1) is 0 Å². The Labute approximate surface area is 115 Å². The molecule has 1 unspecified atom stereocenters. The molecule has 0 aromatic heterocycles. The quantitative estimate of drug-likeness (QED) is 0.344. The first-order valence-electron chi connectivity index (χ1n) is 5.59. The van der Waals surface area contributed by atoms with E-state index in [1.807, 2.05) is 0 Å². The van der Waals surface area contributed by atoms with Crippen molar-refractivity contribution in [2.75, 3.05) is 5.32 Å². The second-order valence-electron chi connectivity index (χ2n) is 4.39. The summed E-state index contributed by atoms with van der Waals surface area (Å²) in [4.78, 5) is 12.0. The lowest BCUT2D eigenvalue weighted by Gasteiger charge is -2.18. The number of halogens is 2. The molecule has 1 amide bonds. The minimum atomic E-state index is -0.813. The second-order valence-corrected chi connectivity index (χ2v) is 4.83. The van der Waals surface area contributed by atoms with Crippen LogP contribution >= 0.6 is 11.6 Å². The Morgan fingerprint density at radius 2 is 2.11 bits per heavy atom. The van der Waals surface area contributed by atoms with Gasteiger partial charge in [-0.2, -0.15) is 0 Å². The fourth-order valence-electron chi connectivity index (χ4n) is 1.69. The molecular weight excluding hydrogens is 273 g/mol. The number of nitrogens with two attached hydrogens (primary N) is 1. The van der Waals surface area contributed by atoms with Crippen LogP contribution in [0, 0.1) is 17.7 Å². The third-order valence-corrected chi connectivity index (χ3v) is 2.73. The van der Waals surface area contributed by atoms with E-state index in [0.717, 1.165) is 12.1 Å². The summed E-state index contributed by atoms with van der Waals surface area (Å²) in [5, 5.41) is 14.2. The third-order valence-electron chi connectivity index (χ3n) is 2.51. The highest BCUT2D eigenvalue weighted by Gasteiger charge is 2.26. The van der Waals surface area contributed by atoms with E-state index in [4.69, 9.17) is 22.5 Å². The van der Waals surface area contributed by atoms with Crippen LogP contribution in [-0.2, 0) is 4.79 Å². The van der Waals surface area contributed by atoms with Gasteiger partial charge in [0.2, 0.25) is 5.91 Å². The summed E-state index contributed by atoms with van der Waals surface area (Å²) in [6.07, 6.45) is 0. The van der Waals surface area contributed by atoms with Crippen molar-refractivity contribution in [1.82, 2.24) is 0 Å². The van der Waals surface area contributed by atoms with Gasteiger partial charge in [-0.1, -0.05) is 30.6 Å². The zero-order chi connectivity index (χ0) is 14.6. The van der Waals surface area contributed by atoms with Crippen LogP contribution in [0.15, 0.2) is 23.4 Å². The molecular formula is C12H15ClFN3O2. The average Bonchev–Trinajstić information content (AvgIpc) is 2.26. The van der Waals surface area contributed by atoms with Crippen molar-refractivity contribution < 1.29 is 14.4 Å². The SMILES string of the molecule is CC(C)C(C(=O)Nc1cc(F)cc(Cl)c1)/C(N)=N/O. The van der Waals surface area contributed by atoms with Gasteiger partial charge < -0.3 is 16.3 Å². The first kappa shape index (κ1) is 15.2. The smallest absolute Gasteiger partial charge is 0.235 e. The summed E-state index contributed by atoms with van der Waals surface area (Å²) in [6, 6.07) is 3.67. The van der Waals surface area contributed by atoms with Crippen molar-refractivity contribution in [2.24, 2.45) is 22.7 Å². The summed E-state index contributed by atoms with van der Waals surface area (Å²) in [6.45, 7) is 3.50. The summed E-state index contributed by atoms with van der Waals surface area (Å²) in [5.41, 5.74) is 5.69. The van der Waals surface area contributed by atoms with Crippen molar-refractivity contribution in [3.63, 3.8) is 0 Å². The number of amidine groups is 1. The summed E-state index contributed by atoms with van der Waals surface area (Å²) in [7, 11) is 0. The number of anilines is 1. The number of nitrogens with zero attached hydrogens (tertiary/aromatic N) is 1. The third kappa shape index (κ3) is 4.10. The second kappa shape index (κ2) is 6.38. The molecule has 0 aliphatic carbocycles. The first-order chi connectivity index (χ1) is 8.85. The molecule has 0 heterocycles. The molecule has 0 bridgehead atoms. The number of oxime groups is 1. The maximum absolute atomic E-state index is 13.1. The minimum absolute atomic E-state index is 0.167. The van der Waals surface area contributed by atoms with E-state index in [1.165, 1.54) is 6.07 Å². The number of nitrogens with one attached hydrogen (secondary N) is 1. The van der Waals surface area contributed by atoms with Crippen LogP contribution in [0.2, 0.25) is 5.02 Å². The Morgan fingerprint density at radius 3 is 2.58 bits per heavy atom. The highest BCUT2D eigenvalue weighted by Crippen LogP contribution is 2.20. The maximum atomic E-state index is 13.1. The molecule has 1 aromatic rings. The average molecular weight is 288 g/mol. The molecule has 7 heteroatoms. The van der Waals surface area contributed by atoms with Crippen LogP contribution in [0.4, 0.5) is 10.1 Å². The van der Waals surface area contributed by atoms with Crippen molar-refractivity contribution >= 4 is 29.0 Å². The molecule has 0 aliphatic heterocycles. The van der Waals surface area contributed by atoms with Crippen LogP contribution in [0.3, 0.4) is 0 Å². The molecule has 1 atom stereocenters. The number of rotatable bonds is 4. The van der Waals surface area contributed by atoms with Gasteiger partial charge in [0.1, 0.15) is 11.7 Å². The van der Waals surface area contributed by atoms with Crippen LogP contribution in [-0.4, -0.2) is 17.0 Å². The van der Waals surface area contributed by atoms with E-state index in [9.17, 15) is 9.18 Å². The molecule has 0 fully saturated rings. The lowest BCUT2D eigenvalue weighted by Crippen LogP contribution is -2.38. The molecule has 1 aromatic carbocycles. The summed E-state index contributed by atoms with van der Waals surface area (Å²) >= 11 is 5.69. The van der Waals surface area contributed by atoms with E-state index in [-0.39, 0.29) is 22.5 Å². The Balaban J connectivity index is 2.93. The summed E-state index contributed by atoms with van der Waals surface area (Å²) in [5.74, 6) is -2.25. The fourth-order valence-corrected chi connectivity index (χ4v) is 1.91. The standard InChI is InChI=1S/C12H15ClFN3O2/c1-6(2)10(11(15)17-19)12(18)16-9-4-7(13)3-8(14)5-9/h3-6,10,19H,1-2H3,(H2,15,17)(H,16,18). The number of carbonyl (C=O) groups is 1.